The molecule has 1 heterocycles. The molecule has 0 aromatic carbocycles. The largest absolute Gasteiger partial charge is 0.464 e. The third kappa shape index (κ3) is 4.10. The van der Waals surface area contributed by atoms with E-state index in [0.717, 1.165) is 12.2 Å². The molecule has 2 rings (SSSR count). The molecule has 0 spiro atoms. The quantitative estimate of drug-likeness (QED) is 0.835. The Kier molecular flexibility index (Phi) is 5.09. The lowest BCUT2D eigenvalue weighted by Gasteiger charge is -2.41. The van der Waals surface area contributed by atoms with Gasteiger partial charge in [0.1, 0.15) is 5.69 Å². The summed E-state index contributed by atoms with van der Waals surface area (Å²) in [5.41, 5.74) is 1.89. The third-order valence-corrected chi connectivity index (χ3v) is 4.58. The van der Waals surface area contributed by atoms with Crippen LogP contribution in [-0.2, 0) is 11.3 Å². The number of aromatic amines is 1. The zero-order valence-electron chi connectivity index (χ0n) is 13.7. The van der Waals surface area contributed by atoms with Crippen molar-refractivity contribution in [2.75, 3.05) is 7.11 Å². The number of esters is 1. The fourth-order valence-corrected chi connectivity index (χ4v) is 3.43. The van der Waals surface area contributed by atoms with Crippen molar-refractivity contribution in [1.29, 1.82) is 0 Å². The van der Waals surface area contributed by atoms with Crippen LogP contribution in [-0.4, -0.2) is 24.1 Å². The Morgan fingerprint density at radius 2 is 2.05 bits per heavy atom. The Balaban J connectivity index is 1.94. The molecule has 0 radical (unpaired) electrons. The van der Waals surface area contributed by atoms with Gasteiger partial charge in [0, 0.05) is 18.3 Å². The Bertz CT molecular complexity index is 473. The van der Waals surface area contributed by atoms with Gasteiger partial charge in [0.2, 0.25) is 0 Å². The number of hydrogen-bond acceptors (Lipinski definition) is 3. The summed E-state index contributed by atoms with van der Waals surface area (Å²) in [7, 11) is 1.40. The van der Waals surface area contributed by atoms with Gasteiger partial charge in [-0.15, -0.1) is 0 Å². The topological polar surface area (TPSA) is 54.1 Å². The van der Waals surface area contributed by atoms with Crippen molar-refractivity contribution in [2.45, 2.75) is 59.0 Å². The minimum absolute atomic E-state index is 0.313. The number of carbonyl (C=O) groups excluding carboxylic acids is 1. The minimum Gasteiger partial charge on any atom is -0.464 e. The van der Waals surface area contributed by atoms with Gasteiger partial charge in [-0.05, 0) is 36.3 Å². The highest BCUT2D eigenvalue weighted by molar-refractivity contribution is 5.87. The summed E-state index contributed by atoms with van der Waals surface area (Å²) in [5.74, 6) is 0.396. The molecule has 2 atom stereocenters. The number of aromatic nitrogens is 1. The number of H-pyrrole nitrogens is 1. The van der Waals surface area contributed by atoms with Crippen molar-refractivity contribution in [1.82, 2.24) is 10.3 Å². The first-order chi connectivity index (χ1) is 9.91. The van der Waals surface area contributed by atoms with E-state index in [1.54, 1.807) is 6.07 Å². The molecule has 2 N–H and O–H groups in total. The van der Waals surface area contributed by atoms with Crippen LogP contribution in [0.4, 0.5) is 0 Å². The molecule has 1 aliphatic rings. The van der Waals surface area contributed by atoms with Crippen LogP contribution < -0.4 is 5.32 Å². The zero-order chi connectivity index (χ0) is 15.5. The minimum atomic E-state index is -0.313. The highest BCUT2D eigenvalue weighted by Crippen LogP contribution is 2.38. The molecule has 1 aromatic rings. The summed E-state index contributed by atoms with van der Waals surface area (Å²) >= 11 is 0. The van der Waals surface area contributed by atoms with Crippen LogP contribution >= 0.6 is 0 Å². The van der Waals surface area contributed by atoms with E-state index in [9.17, 15) is 4.79 Å². The van der Waals surface area contributed by atoms with E-state index in [1.165, 1.54) is 32.8 Å². The van der Waals surface area contributed by atoms with E-state index < -0.39 is 0 Å². The predicted molar refractivity (Wildman–Crippen MR) is 84.2 cm³/mol. The van der Waals surface area contributed by atoms with Crippen LogP contribution in [0.1, 0.15) is 62.6 Å². The second-order valence-corrected chi connectivity index (χ2v) is 7.13. The van der Waals surface area contributed by atoms with Crippen LogP contribution in [0.3, 0.4) is 0 Å². The molecule has 118 valence electrons. The lowest BCUT2D eigenvalue weighted by molar-refractivity contribution is 0.0594. The first-order valence-corrected chi connectivity index (χ1v) is 7.91. The molecule has 0 saturated heterocycles. The fraction of sp³-hybridized carbons (Fsp3) is 0.706. The molecule has 21 heavy (non-hydrogen) atoms. The van der Waals surface area contributed by atoms with Gasteiger partial charge < -0.3 is 15.0 Å². The van der Waals surface area contributed by atoms with Crippen molar-refractivity contribution >= 4 is 5.97 Å². The number of methoxy groups -OCH3 is 1. The molecule has 2 unspecified atom stereocenters. The fourth-order valence-electron chi connectivity index (χ4n) is 3.43. The second kappa shape index (κ2) is 6.65. The molecule has 0 bridgehead atoms. The Morgan fingerprint density at radius 1 is 1.33 bits per heavy atom. The van der Waals surface area contributed by atoms with Crippen molar-refractivity contribution in [3.63, 3.8) is 0 Å². The van der Waals surface area contributed by atoms with Gasteiger partial charge in [0.05, 0.1) is 7.11 Å². The van der Waals surface area contributed by atoms with Gasteiger partial charge in [-0.2, -0.15) is 0 Å². The van der Waals surface area contributed by atoms with Crippen LogP contribution in [0.2, 0.25) is 0 Å². The smallest absolute Gasteiger partial charge is 0.354 e. The maximum Gasteiger partial charge on any atom is 0.354 e. The number of hydrogen-bond donors (Lipinski definition) is 2. The summed E-state index contributed by atoms with van der Waals surface area (Å²) in [4.78, 5) is 14.6. The number of carbonyl (C=O) groups is 1. The Labute approximate surface area is 127 Å². The maximum atomic E-state index is 11.4. The summed E-state index contributed by atoms with van der Waals surface area (Å²) in [6.07, 6.45) is 5.20. The molecular weight excluding hydrogens is 264 g/mol. The second-order valence-electron chi connectivity index (χ2n) is 7.13. The molecule has 1 aliphatic carbocycles. The summed E-state index contributed by atoms with van der Waals surface area (Å²) < 4.78 is 4.72. The highest BCUT2D eigenvalue weighted by atomic mass is 16.5. The molecule has 0 aliphatic heterocycles. The van der Waals surface area contributed by atoms with E-state index >= 15 is 0 Å². The maximum absolute atomic E-state index is 11.4. The van der Waals surface area contributed by atoms with Crippen LogP contribution in [0.5, 0.6) is 0 Å². The molecule has 1 saturated carbocycles. The van der Waals surface area contributed by atoms with E-state index in [0.29, 0.717) is 23.1 Å². The van der Waals surface area contributed by atoms with Gasteiger partial charge in [-0.1, -0.05) is 33.6 Å². The predicted octanol–water partition coefficient (Wildman–Crippen LogP) is 3.50. The summed E-state index contributed by atoms with van der Waals surface area (Å²) in [6, 6.07) is 4.29. The van der Waals surface area contributed by atoms with Crippen LogP contribution in [0, 0.1) is 11.3 Å². The lowest BCUT2D eigenvalue weighted by atomic mass is 9.69. The first-order valence-electron chi connectivity index (χ1n) is 7.91. The number of nitrogens with one attached hydrogen (secondary N) is 2. The van der Waals surface area contributed by atoms with E-state index in [4.69, 9.17) is 4.74 Å². The number of ether oxygens (including phenoxy) is 1. The van der Waals surface area contributed by atoms with Crippen molar-refractivity contribution in [3.05, 3.63) is 23.5 Å². The summed E-state index contributed by atoms with van der Waals surface area (Å²) in [5, 5.41) is 3.68. The van der Waals surface area contributed by atoms with Crippen molar-refractivity contribution in [3.8, 4) is 0 Å². The molecule has 4 nitrogen and oxygen atoms in total. The van der Waals surface area contributed by atoms with Crippen molar-refractivity contribution in [2.24, 2.45) is 11.3 Å². The molecule has 4 heteroatoms. The Morgan fingerprint density at radius 3 is 2.71 bits per heavy atom. The van der Waals surface area contributed by atoms with Gasteiger partial charge >= 0.3 is 5.97 Å². The third-order valence-electron chi connectivity index (χ3n) is 4.58. The van der Waals surface area contributed by atoms with Gasteiger partial charge in [-0.3, -0.25) is 0 Å². The summed E-state index contributed by atoms with van der Waals surface area (Å²) in [6.45, 7) is 7.78. The van der Waals surface area contributed by atoms with E-state index in [2.05, 4.69) is 31.1 Å². The normalized spacial score (nSPS) is 23.0. The molecular formula is C17H28N2O2. The van der Waals surface area contributed by atoms with E-state index in [-0.39, 0.29) is 5.97 Å². The van der Waals surface area contributed by atoms with E-state index in [1.807, 2.05) is 6.07 Å². The first kappa shape index (κ1) is 16.1. The molecule has 1 fully saturated rings. The lowest BCUT2D eigenvalue weighted by Crippen LogP contribution is -2.43. The standard InChI is InChI=1S/C17H28N2O2/c1-17(2,3)13-7-5-6-8-14(13)18-11-12-9-10-15(19-12)16(20)21-4/h9-10,13-14,18-19H,5-8,11H2,1-4H3. The SMILES string of the molecule is COC(=O)c1ccc(CNC2CCCCC2C(C)(C)C)[nH]1. The van der Waals surface area contributed by atoms with Crippen molar-refractivity contribution < 1.29 is 9.53 Å². The Hall–Kier alpha value is -1.29. The average molecular weight is 292 g/mol. The molecule has 0 amide bonds. The zero-order valence-corrected chi connectivity index (χ0v) is 13.7. The highest BCUT2D eigenvalue weighted by Gasteiger charge is 2.33. The van der Waals surface area contributed by atoms with Crippen LogP contribution in [0.25, 0.3) is 0 Å². The van der Waals surface area contributed by atoms with Crippen LogP contribution in [0.15, 0.2) is 12.1 Å². The van der Waals surface area contributed by atoms with Gasteiger partial charge in [0.15, 0.2) is 0 Å². The van der Waals surface area contributed by atoms with Gasteiger partial charge in [-0.25, -0.2) is 4.79 Å². The molecule has 1 aromatic heterocycles. The number of rotatable bonds is 4. The average Bonchev–Trinajstić information content (AvgIpc) is 2.92. The monoisotopic (exact) mass is 292 g/mol. The van der Waals surface area contributed by atoms with Gasteiger partial charge in [0.25, 0.3) is 0 Å².